The molecule has 1 heterocycles. The van der Waals surface area contributed by atoms with E-state index in [9.17, 15) is 38.1 Å². The van der Waals surface area contributed by atoms with Crippen molar-refractivity contribution in [3.05, 3.63) is 12.2 Å². The smallest absolute Gasteiger partial charge is 0.343 e. The average molecular weight is 1310 g/mol. The van der Waals surface area contributed by atoms with Gasteiger partial charge in [0.15, 0.2) is 0 Å². The second kappa shape index (κ2) is 37.6. The lowest BCUT2D eigenvalue weighted by Crippen LogP contribution is -2.64. The molecular weight excluding hydrogens is 1190 g/mol. The Morgan fingerprint density at radius 3 is 1.34 bits per heavy atom. The normalized spacial score (nSPS) is 26.1. The van der Waals surface area contributed by atoms with E-state index in [1.54, 1.807) is 60.6 Å². The molecule has 1 fully saturated rings. The third-order valence-corrected chi connectivity index (χ3v) is 18.1. The maximum absolute atomic E-state index is 15.6. The molecule has 91 heavy (non-hydrogen) atoms. The van der Waals surface area contributed by atoms with Gasteiger partial charge in [0.1, 0.15) is 66.5 Å². The van der Waals surface area contributed by atoms with E-state index < -0.39 is 164 Å². The summed E-state index contributed by atoms with van der Waals surface area (Å²) in [7, 11) is 7.47. The molecule has 0 bridgehead atoms. The first-order chi connectivity index (χ1) is 42.0. The SMILES string of the molecule is C/C=C/CC(C)C(OP(=O)(OC)OC)C1C(=O)N[C@@H](CC)C(=O)N(C)CC(=O)N(C)[C@@H](CC(C)C)C(=O)N[C@@H](C(C)C)C(=O)N(C)[C@@H](CC(C)C)C(=O)N[C@@H](C)C(=O)N[C@H](C)C(=O)N(C)[C@@H](CC(C)C)C(=O)N(C)[C@@H](CC(C)C)C(=O)N(C)[C@@H](C(C)C)C(=O)N1C. The predicted molar refractivity (Wildman–Crippen MR) is 349 cm³/mol. The molecule has 3 unspecified atom stereocenters. The van der Waals surface area contributed by atoms with Gasteiger partial charge in [-0.1, -0.05) is 109 Å². The lowest BCUT2D eigenvalue weighted by atomic mass is 9.91. The minimum atomic E-state index is -4.48. The zero-order chi connectivity index (χ0) is 70.6. The van der Waals surface area contributed by atoms with Crippen LogP contribution in [0, 0.1) is 41.4 Å². The Hall–Kier alpha value is -5.98. The zero-order valence-electron chi connectivity index (χ0n) is 59.7. The van der Waals surface area contributed by atoms with Crippen molar-refractivity contribution in [1.29, 1.82) is 0 Å². The number of hydrogen-bond donors (Lipinski definition) is 4. The van der Waals surface area contributed by atoms with Crippen LogP contribution in [0.3, 0.4) is 0 Å². The topological polar surface area (TPSA) is 303 Å². The Kier molecular flexibility index (Phi) is 34.4. The summed E-state index contributed by atoms with van der Waals surface area (Å²) in [6.45, 7) is 29.0. The summed E-state index contributed by atoms with van der Waals surface area (Å²) < 4.78 is 30.7. The molecule has 11 amide bonds. The van der Waals surface area contributed by atoms with Crippen LogP contribution in [0.5, 0.6) is 0 Å². The summed E-state index contributed by atoms with van der Waals surface area (Å²) in [6.07, 6.45) is 2.71. The van der Waals surface area contributed by atoms with Crippen LogP contribution in [0.15, 0.2) is 12.2 Å². The van der Waals surface area contributed by atoms with Crippen LogP contribution in [0.4, 0.5) is 0 Å². The van der Waals surface area contributed by atoms with Gasteiger partial charge in [-0.15, -0.1) is 0 Å². The number of phosphoric acid groups is 1. The fourth-order valence-electron chi connectivity index (χ4n) is 11.1. The third-order valence-electron chi connectivity index (χ3n) is 16.7. The van der Waals surface area contributed by atoms with Gasteiger partial charge in [0.25, 0.3) is 0 Å². The van der Waals surface area contributed by atoms with Crippen molar-refractivity contribution in [1.82, 2.24) is 55.6 Å². The molecule has 27 heteroatoms. The number of nitrogens with one attached hydrogen (secondary N) is 4. The van der Waals surface area contributed by atoms with Gasteiger partial charge in [0, 0.05) is 63.6 Å². The van der Waals surface area contributed by atoms with Crippen molar-refractivity contribution in [2.24, 2.45) is 41.4 Å². The van der Waals surface area contributed by atoms with Gasteiger partial charge in [0.05, 0.1) is 6.54 Å². The number of allylic oxidation sites excluding steroid dienone is 2. The van der Waals surface area contributed by atoms with Crippen molar-refractivity contribution in [3.8, 4) is 0 Å². The molecule has 1 aliphatic rings. The second-order valence-electron chi connectivity index (χ2n) is 27.0. The highest BCUT2D eigenvalue weighted by molar-refractivity contribution is 7.48. The van der Waals surface area contributed by atoms with Gasteiger partial charge < -0.3 is 55.6 Å². The fourth-order valence-corrected chi connectivity index (χ4v) is 12.1. The number of phosphoric ester groups is 1. The molecule has 0 radical (unpaired) electrons. The van der Waals surface area contributed by atoms with E-state index in [-0.39, 0.29) is 62.2 Å². The third kappa shape index (κ3) is 23.5. The van der Waals surface area contributed by atoms with E-state index in [2.05, 4.69) is 21.3 Å². The summed E-state index contributed by atoms with van der Waals surface area (Å²) in [4.78, 5) is 171. The van der Waals surface area contributed by atoms with E-state index in [4.69, 9.17) is 13.6 Å². The fraction of sp³-hybridized carbons (Fsp3) is 0.797. The number of likely N-dealkylation sites (N-methyl/N-ethyl adjacent to an activating group) is 7. The van der Waals surface area contributed by atoms with Crippen LogP contribution >= 0.6 is 7.82 Å². The van der Waals surface area contributed by atoms with Gasteiger partial charge in [-0.2, -0.15) is 0 Å². The molecule has 4 N–H and O–H groups in total. The van der Waals surface area contributed by atoms with Crippen molar-refractivity contribution in [2.45, 2.75) is 223 Å². The first-order valence-electron chi connectivity index (χ1n) is 32.1. The molecule has 0 saturated carbocycles. The van der Waals surface area contributed by atoms with Crippen molar-refractivity contribution < 1.29 is 70.9 Å². The van der Waals surface area contributed by atoms with Crippen LogP contribution < -0.4 is 21.3 Å². The second-order valence-corrected chi connectivity index (χ2v) is 28.8. The summed E-state index contributed by atoms with van der Waals surface area (Å²) >= 11 is 0. The summed E-state index contributed by atoms with van der Waals surface area (Å²) in [5.74, 6) is -10.4. The Labute approximate surface area is 543 Å². The first-order valence-corrected chi connectivity index (χ1v) is 33.5. The number of carbonyl (C=O) groups is 11. The first kappa shape index (κ1) is 83.0. The Balaban J connectivity index is 4.53. The predicted octanol–water partition coefficient (Wildman–Crippen LogP) is 4.69. The molecule has 0 aromatic heterocycles. The van der Waals surface area contributed by atoms with Crippen molar-refractivity contribution in [2.75, 3.05) is 70.1 Å². The quantitative estimate of drug-likeness (QED) is 0.101. The zero-order valence-corrected chi connectivity index (χ0v) is 60.6. The van der Waals surface area contributed by atoms with E-state index >= 15 is 19.2 Å². The minimum Gasteiger partial charge on any atom is -0.343 e. The van der Waals surface area contributed by atoms with Crippen LogP contribution in [-0.4, -0.2) is 236 Å². The van der Waals surface area contributed by atoms with E-state index in [1.165, 1.54) is 87.7 Å². The lowest BCUT2D eigenvalue weighted by molar-refractivity contribution is -0.157. The molecule has 1 saturated heterocycles. The molecule has 0 aliphatic carbocycles. The average Bonchev–Trinajstić information content (AvgIpc) is 0.964. The molecule has 1 aliphatic heterocycles. The van der Waals surface area contributed by atoms with Gasteiger partial charge in [0.2, 0.25) is 65.0 Å². The largest absolute Gasteiger partial charge is 0.474 e. The van der Waals surface area contributed by atoms with Crippen LogP contribution in [0.1, 0.15) is 156 Å². The summed E-state index contributed by atoms with van der Waals surface area (Å²) in [5.41, 5.74) is 0. The minimum absolute atomic E-state index is 0.0425. The van der Waals surface area contributed by atoms with Crippen LogP contribution in [-0.2, 0) is 70.9 Å². The molecule has 0 spiro atoms. The number of rotatable bonds is 19. The monoisotopic (exact) mass is 1310 g/mol. The number of amides is 11. The highest BCUT2D eigenvalue weighted by Crippen LogP contribution is 2.51. The number of hydrogen-bond acceptors (Lipinski definition) is 15. The highest BCUT2D eigenvalue weighted by atomic mass is 31.2. The van der Waals surface area contributed by atoms with E-state index in [1.807, 2.05) is 55.4 Å². The van der Waals surface area contributed by atoms with Gasteiger partial charge in [-0.25, -0.2) is 4.57 Å². The number of nitrogens with zero attached hydrogens (tertiary/aromatic N) is 7. The maximum atomic E-state index is 15.6. The molecule has 0 aromatic carbocycles. The molecule has 522 valence electrons. The van der Waals surface area contributed by atoms with Crippen molar-refractivity contribution >= 4 is 72.8 Å². The standard InChI is InChI=1S/C64H116N11O15P/c1-27-29-30-42(15)54(90-91(87,88-25)89-26)53-58(80)67-45(28-2)60(82)69(18)35-50(76)70(19)46(31-36(3)4)57(79)68-51(40(11)12)63(85)71(20)47(32-37(5)6)56(78)65-43(16)55(77)66-44(17)59(81)72(21)48(33-38(7)8)61(83)73(22)49(34-39(9)10)62(84)74(23)52(41(13)14)64(86)75(53)24/h27,29,36-49,51-54H,28,30-35H2,1-26H3,(H,65,78)(H,66,77)(H,67,80)(H,68,79)/b29-27+/t42?,43-,44+,45-,46-,47-,48-,49-,51-,52-,53?,54?/m0/s1. The number of carbonyl (C=O) groups excluding carboxylic acids is 11. The maximum Gasteiger partial charge on any atom is 0.474 e. The summed E-state index contributed by atoms with van der Waals surface area (Å²) in [5, 5.41) is 11.0. The van der Waals surface area contributed by atoms with E-state index in [0.29, 0.717) is 0 Å². The Morgan fingerprint density at radius 2 is 0.901 bits per heavy atom. The van der Waals surface area contributed by atoms with Crippen LogP contribution in [0.25, 0.3) is 0 Å². The van der Waals surface area contributed by atoms with Crippen LogP contribution in [0.2, 0.25) is 0 Å². The van der Waals surface area contributed by atoms with Crippen molar-refractivity contribution in [3.63, 3.8) is 0 Å². The van der Waals surface area contributed by atoms with Gasteiger partial charge in [-0.3, -0.25) is 66.3 Å². The molecule has 26 nitrogen and oxygen atoms in total. The lowest BCUT2D eigenvalue weighted by Gasteiger charge is -2.42. The Bertz CT molecular complexity index is 2560. The highest BCUT2D eigenvalue weighted by Gasteiger charge is 2.48. The van der Waals surface area contributed by atoms with E-state index in [0.717, 1.165) is 24.0 Å². The summed E-state index contributed by atoms with van der Waals surface area (Å²) in [6, 6.07) is -12.9. The molecule has 0 aromatic rings. The van der Waals surface area contributed by atoms with Gasteiger partial charge in [-0.05, 0) is 101 Å². The van der Waals surface area contributed by atoms with Gasteiger partial charge >= 0.3 is 7.82 Å². The molecule has 1 rings (SSSR count). The molecular formula is C64H116N11O15P. The molecule has 12 atom stereocenters. The Morgan fingerprint density at radius 1 is 0.484 bits per heavy atom.